The van der Waals surface area contributed by atoms with Gasteiger partial charge in [0.15, 0.2) is 0 Å². The molecule has 0 saturated carbocycles. The number of aromatic nitrogens is 2. The van der Waals surface area contributed by atoms with Gasteiger partial charge in [-0.2, -0.15) is 0 Å². The van der Waals surface area contributed by atoms with Crippen molar-refractivity contribution >= 4 is 11.0 Å². The smallest absolute Gasteiger partial charge is 0.144 e. The van der Waals surface area contributed by atoms with Crippen molar-refractivity contribution < 1.29 is 4.74 Å². The second kappa shape index (κ2) is 4.61. The van der Waals surface area contributed by atoms with Gasteiger partial charge in [0, 0.05) is 7.05 Å². The molecule has 1 unspecified atom stereocenters. The number of nitrogens with one attached hydrogen (secondary N) is 1. The lowest BCUT2D eigenvalue weighted by molar-refractivity contribution is 0.390. The maximum absolute atomic E-state index is 5.43. The van der Waals surface area contributed by atoms with E-state index < -0.39 is 0 Å². The minimum absolute atomic E-state index is 0.376. The molecule has 1 N–H and O–H groups in total. The lowest BCUT2D eigenvalue weighted by Crippen LogP contribution is -2.28. The summed E-state index contributed by atoms with van der Waals surface area (Å²) in [5.74, 6) is 2.01. The fourth-order valence-electron chi connectivity index (χ4n) is 2.80. The number of imidazole rings is 1. The Kier molecular flexibility index (Phi) is 2.96. The van der Waals surface area contributed by atoms with E-state index in [0.717, 1.165) is 29.2 Å². The van der Waals surface area contributed by atoms with E-state index in [1.54, 1.807) is 7.11 Å². The predicted octanol–water partition coefficient (Wildman–Crippen LogP) is 2.40. The number of nitrogens with zero attached hydrogens (tertiary/aromatic N) is 2. The number of hydrogen-bond acceptors (Lipinski definition) is 3. The molecule has 3 rings (SSSR count). The Bertz CT molecular complexity index is 555. The molecule has 0 amide bonds. The highest BCUT2D eigenvalue weighted by atomic mass is 16.5. The molecule has 2 heterocycles. The third kappa shape index (κ3) is 1.77. The molecule has 0 bridgehead atoms. The minimum atomic E-state index is 0.376. The molecule has 0 radical (unpaired) electrons. The summed E-state index contributed by atoms with van der Waals surface area (Å²) >= 11 is 0. The van der Waals surface area contributed by atoms with Crippen LogP contribution in [-0.2, 0) is 7.05 Å². The van der Waals surface area contributed by atoms with Crippen molar-refractivity contribution in [3.05, 3.63) is 24.0 Å². The van der Waals surface area contributed by atoms with Crippen LogP contribution in [-0.4, -0.2) is 23.2 Å². The highest BCUT2D eigenvalue weighted by Crippen LogP contribution is 2.30. The van der Waals surface area contributed by atoms with Crippen LogP contribution >= 0.6 is 0 Å². The molecule has 0 aliphatic carbocycles. The number of fused-ring (bicyclic) bond motifs is 1. The molecular weight excluding hydrogens is 226 g/mol. The first-order valence-electron chi connectivity index (χ1n) is 6.54. The highest BCUT2D eigenvalue weighted by molar-refractivity contribution is 5.82. The fourth-order valence-corrected chi connectivity index (χ4v) is 2.80. The third-order valence-corrected chi connectivity index (χ3v) is 3.73. The van der Waals surface area contributed by atoms with Crippen LogP contribution in [0.3, 0.4) is 0 Å². The molecule has 1 saturated heterocycles. The van der Waals surface area contributed by atoms with E-state index in [-0.39, 0.29) is 0 Å². The fraction of sp³-hybridized carbons (Fsp3) is 0.500. The van der Waals surface area contributed by atoms with Crippen LogP contribution < -0.4 is 10.1 Å². The molecule has 1 aromatic heterocycles. The van der Waals surface area contributed by atoms with Crippen LogP contribution in [0.2, 0.25) is 0 Å². The maximum Gasteiger partial charge on any atom is 0.144 e. The second-order valence-corrected chi connectivity index (χ2v) is 4.86. The number of benzene rings is 1. The van der Waals surface area contributed by atoms with Crippen molar-refractivity contribution in [2.24, 2.45) is 7.05 Å². The number of ether oxygens (including phenoxy) is 1. The van der Waals surface area contributed by atoms with E-state index in [9.17, 15) is 0 Å². The molecule has 4 heteroatoms. The first-order valence-corrected chi connectivity index (χ1v) is 6.54. The molecule has 18 heavy (non-hydrogen) atoms. The second-order valence-electron chi connectivity index (χ2n) is 4.86. The number of methoxy groups -OCH3 is 1. The minimum Gasteiger partial charge on any atom is -0.494 e. The topological polar surface area (TPSA) is 39.1 Å². The number of piperidine rings is 1. The molecule has 1 aliphatic heterocycles. The van der Waals surface area contributed by atoms with Gasteiger partial charge < -0.3 is 14.6 Å². The number of para-hydroxylation sites is 1. The van der Waals surface area contributed by atoms with E-state index in [0.29, 0.717) is 6.04 Å². The van der Waals surface area contributed by atoms with E-state index in [1.165, 1.54) is 19.3 Å². The van der Waals surface area contributed by atoms with Crippen LogP contribution in [0.15, 0.2) is 18.2 Å². The number of rotatable bonds is 2. The van der Waals surface area contributed by atoms with Crippen molar-refractivity contribution in [1.82, 2.24) is 14.9 Å². The van der Waals surface area contributed by atoms with Gasteiger partial charge in [-0.3, -0.25) is 0 Å². The van der Waals surface area contributed by atoms with Gasteiger partial charge in [0.25, 0.3) is 0 Å². The molecule has 1 atom stereocenters. The lowest BCUT2D eigenvalue weighted by atomic mass is 10.0. The van der Waals surface area contributed by atoms with Crippen molar-refractivity contribution in [2.45, 2.75) is 25.3 Å². The molecule has 96 valence electrons. The maximum atomic E-state index is 5.43. The van der Waals surface area contributed by atoms with Crippen LogP contribution in [0.4, 0.5) is 0 Å². The van der Waals surface area contributed by atoms with Gasteiger partial charge in [0.05, 0.1) is 18.7 Å². The van der Waals surface area contributed by atoms with Crippen molar-refractivity contribution in [1.29, 1.82) is 0 Å². The summed E-state index contributed by atoms with van der Waals surface area (Å²) in [5.41, 5.74) is 2.10. The van der Waals surface area contributed by atoms with E-state index in [4.69, 9.17) is 9.72 Å². The average molecular weight is 245 g/mol. The molecule has 1 aromatic carbocycles. The van der Waals surface area contributed by atoms with Gasteiger partial charge in [0.2, 0.25) is 0 Å². The Labute approximate surface area is 107 Å². The largest absolute Gasteiger partial charge is 0.494 e. The first kappa shape index (κ1) is 11.5. The Balaban J connectivity index is 2.10. The standard InChI is InChI=1S/C14H19N3O/c1-17-13-10(7-5-8-12(13)18-2)16-14(17)11-6-3-4-9-15-11/h5,7-8,11,15H,3-4,6,9H2,1-2H3. The summed E-state index contributed by atoms with van der Waals surface area (Å²) in [5, 5.41) is 3.55. The SMILES string of the molecule is COc1cccc2nc(C3CCCCN3)n(C)c12. The van der Waals surface area contributed by atoms with Crippen molar-refractivity contribution in [3.63, 3.8) is 0 Å². The van der Waals surface area contributed by atoms with Crippen LogP contribution in [0.25, 0.3) is 11.0 Å². The van der Waals surface area contributed by atoms with Crippen molar-refractivity contribution in [3.8, 4) is 5.75 Å². The Morgan fingerprint density at radius 1 is 1.39 bits per heavy atom. The van der Waals surface area contributed by atoms with Gasteiger partial charge in [-0.25, -0.2) is 4.98 Å². The van der Waals surface area contributed by atoms with E-state index in [1.807, 2.05) is 18.2 Å². The van der Waals surface area contributed by atoms with Gasteiger partial charge in [0.1, 0.15) is 17.1 Å². The molecule has 0 spiro atoms. The summed E-state index contributed by atoms with van der Waals surface area (Å²) in [6.07, 6.45) is 3.71. The molecule has 2 aromatic rings. The summed E-state index contributed by atoms with van der Waals surface area (Å²) < 4.78 is 7.59. The van der Waals surface area contributed by atoms with Gasteiger partial charge in [-0.15, -0.1) is 0 Å². The zero-order valence-corrected chi connectivity index (χ0v) is 10.9. The number of hydrogen-bond donors (Lipinski definition) is 1. The summed E-state index contributed by atoms with van der Waals surface area (Å²) in [6.45, 7) is 1.09. The van der Waals surface area contributed by atoms with Crippen LogP contribution in [0.5, 0.6) is 5.75 Å². The highest BCUT2D eigenvalue weighted by Gasteiger charge is 2.21. The quantitative estimate of drug-likeness (QED) is 0.883. The van der Waals surface area contributed by atoms with E-state index in [2.05, 4.69) is 16.9 Å². The average Bonchev–Trinajstić information content (AvgIpc) is 2.77. The monoisotopic (exact) mass is 245 g/mol. The number of aryl methyl sites for hydroxylation is 1. The van der Waals surface area contributed by atoms with Crippen LogP contribution in [0, 0.1) is 0 Å². The lowest BCUT2D eigenvalue weighted by Gasteiger charge is -2.22. The Morgan fingerprint density at radius 2 is 2.28 bits per heavy atom. The van der Waals surface area contributed by atoms with Crippen molar-refractivity contribution in [2.75, 3.05) is 13.7 Å². The first-order chi connectivity index (χ1) is 8.81. The summed E-state index contributed by atoms with van der Waals surface area (Å²) in [6, 6.07) is 6.40. The van der Waals surface area contributed by atoms with E-state index >= 15 is 0 Å². The summed E-state index contributed by atoms with van der Waals surface area (Å²) in [4.78, 5) is 4.77. The molecule has 1 aliphatic rings. The zero-order valence-electron chi connectivity index (χ0n) is 10.9. The normalized spacial score (nSPS) is 20.2. The van der Waals surface area contributed by atoms with Gasteiger partial charge in [-0.05, 0) is 31.5 Å². The van der Waals surface area contributed by atoms with Gasteiger partial charge in [-0.1, -0.05) is 12.5 Å². The van der Waals surface area contributed by atoms with Crippen LogP contribution in [0.1, 0.15) is 31.1 Å². The van der Waals surface area contributed by atoms with Gasteiger partial charge >= 0.3 is 0 Å². The zero-order chi connectivity index (χ0) is 12.5. The third-order valence-electron chi connectivity index (χ3n) is 3.73. The molecule has 4 nitrogen and oxygen atoms in total. The Hall–Kier alpha value is -1.55. The molecule has 1 fully saturated rings. The Morgan fingerprint density at radius 3 is 3.00 bits per heavy atom. The molecular formula is C14H19N3O. The predicted molar refractivity (Wildman–Crippen MR) is 71.9 cm³/mol. The summed E-state index contributed by atoms with van der Waals surface area (Å²) in [7, 11) is 3.78.